The summed E-state index contributed by atoms with van der Waals surface area (Å²) >= 11 is 5.92. The quantitative estimate of drug-likeness (QED) is 0.448. The van der Waals surface area contributed by atoms with Crippen LogP contribution in [0.3, 0.4) is 0 Å². The van der Waals surface area contributed by atoms with Gasteiger partial charge in [-0.05, 0) is 61.0 Å². The zero-order chi connectivity index (χ0) is 21.8. The van der Waals surface area contributed by atoms with E-state index in [0.29, 0.717) is 22.0 Å². The molecule has 0 atom stereocenters. The average molecular weight is 431 g/mol. The summed E-state index contributed by atoms with van der Waals surface area (Å²) in [5.74, 6) is -0.477. The molecule has 4 aromatic rings. The van der Waals surface area contributed by atoms with Gasteiger partial charge in [-0.15, -0.1) is 0 Å². The third kappa shape index (κ3) is 4.65. The van der Waals surface area contributed by atoms with E-state index in [1.165, 1.54) is 10.9 Å². The maximum atomic E-state index is 13.0. The van der Waals surface area contributed by atoms with Gasteiger partial charge in [-0.3, -0.25) is 9.59 Å². The lowest BCUT2D eigenvalue weighted by Crippen LogP contribution is -2.19. The minimum absolute atomic E-state index is 0.243. The van der Waals surface area contributed by atoms with Crippen LogP contribution in [0.15, 0.2) is 85.1 Å². The van der Waals surface area contributed by atoms with Gasteiger partial charge in [-0.25, -0.2) is 4.68 Å². The first kappa shape index (κ1) is 20.4. The summed E-state index contributed by atoms with van der Waals surface area (Å²) in [6.07, 6.45) is 1.44. The molecule has 0 fully saturated rings. The van der Waals surface area contributed by atoms with Crippen molar-refractivity contribution in [2.75, 3.05) is 10.6 Å². The van der Waals surface area contributed by atoms with Gasteiger partial charge in [-0.2, -0.15) is 5.10 Å². The third-order valence-corrected chi connectivity index (χ3v) is 4.88. The second-order valence-corrected chi connectivity index (χ2v) is 7.38. The van der Waals surface area contributed by atoms with Crippen LogP contribution in [0.4, 0.5) is 11.5 Å². The number of nitrogens with one attached hydrogen (secondary N) is 2. The molecular formula is C24H19ClN4O2. The Bertz CT molecular complexity index is 1230. The van der Waals surface area contributed by atoms with Gasteiger partial charge in [0.05, 0.1) is 11.9 Å². The van der Waals surface area contributed by atoms with Crippen molar-refractivity contribution in [1.82, 2.24) is 9.78 Å². The molecule has 154 valence electrons. The minimum atomic E-state index is -0.376. The number of halogens is 1. The van der Waals surface area contributed by atoms with Crippen molar-refractivity contribution < 1.29 is 9.59 Å². The summed E-state index contributed by atoms with van der Waals surface area (Å²) < 4.78 is 1.53. The summed E-state index contributed by atoms with van der Waals surface area (Å²) in [5.41, 5.74) is 3.05. The second-order valence-electron chi connectivity index (χ2n) is 6.94. The first-order valence-electron chi connectivity index (χ1n) is 9.59. The van der Waals surface area contributed by atoms with Crippen molar-refractivity contribution in [2.45, 2.75) is 6.92 Å². The number of carbonyl (C=O) groups excluding carboxylic acids is 2. The van der Waals surface area contributed by atoms with Crippen LogP contribution in [0.2, 0.25) is 5.02 Å². The fourth-order valence-corrected chi connectivity index (χ4v) is 3.23. The van der Waals surface area contributed by atoms with E-state index in [4.69, 9.17) is 11.6 Å². The number of aryl methyl sites for hydroxylation is 1. The zero-order valence-electron chi connectivity index (χ0n) is 16.7. The Hall–Kier alpha value is -3.90. The Labute approximate surface area is 184 Å². The predicted octanol–water partition coefficient (Wildman–Crippen LogP) is 5.34. The van der Waals surface area contributed by atoms with E-state index < -0.39 is 0 Å². The molecule has 0 aliphatic carbocycles. The highest BCUT2D eigenvalue weighted by Crippen LogP contribution is 2.23. The van der Waals surface area contributed by atoms with Crippen LogP contribution in [0.25, 0.3) is 5.69 Å². The van der Waals surface area contributed by atoms with E-state index in [1.54, 1.807) is 30.3 Å². The van der Waals surface area contributed by atoms with Gasteiger partial charge in [0.25, 0.3) is 11.8 Å². The fraction of sp³-hybridized carbons (Fsp3) is 0.0417. The Balaban J connectivity index is 1.70. The zero-order valence-corrected chi connectivity index (χ0v) is 17.4. The second kappa shape index (κ2) is 8.85. The third-order valence-electron chi connectivity index (χ3n) is 4.63. The molecule has 2 amide bonds. The number of para-hydroxylation sites is 1. The van der Waals surface area contributed by atoms with Crippen molar-refractivity contribution >= 4 is 34.9 Å². The molecule has 1 aromatic heterocycles. The van der Waals surface area contributed by atoms with Crippen molar-refractivity contribution in [3.05, 3.63) is 107 Å². The molecule has 4 rings (SSSR count). The van der Waals surface area contributed by atoms with Crippen LogP contribution in [-0.4, -0.2) is 21.6 Å². The average Bonchev–Trinajstić information content (AvgIpc) is 3.18. The highest BCUT2D eigenvalue weighted by Gasteiger charge is 2.21. The largest absolute Gasteiger partial charge is 0.322 e. The summed E-state index contributed by atoms with van der Waals surface area (Å²) in [6, 6.07) is 23.3. The molecule has 0 unspecified atom stereocenters. The normalized spacial score (nSPS) is 10.5. The van der Waals surface area contributed by atoms with Gasteiger partial charge >= 0.3 is 0 Å². The number of aromatic nitrogens is 2. The molecule has 31 heavy (non-hydrogen) atoms. The molecule has 2 N–H and O–H groups in total. The van der Waals surface area contributed by atoms with E-state index >= 15 is 0 Å². The SMILES string of the molecule is Cc1cccc(NC(=O)c2cnn(-c3ccccc3)c2NC(=O)c2ccc(Cl)cc2)c1. The van der Waals surface area contributed by atoms with E-state index in [9.17, 15) is 9.59 Å². The van der Waals surface area contributed by atoms with Crippen LogP contribution in [-0.2, 0) is 0 Å². The molecular weight excluding hydrogens is 412 g/mol. The van der Waals surface area contributed by atoms with E-state index in [2.05, 4.69) is 15.7 Å². The highest BCUT2D eigenvalue weighted by atomic mass is 35.5. The molecule has 0 aliphatic rings. The monoisotopic (exact) mass is 430 g/mol. The molecule has 1 heterocycles. The van der Waals surface area contributed by atoms with Crippen LogP contribution in [0.1, 0.15) is 26.3 Å². The topological polar surface area (TPSA) is 76.0 Å². The summed E-state index contributed by atoms with van der Waals surface area (Å²) in [5, 5.41) is 10.6. The fourth-order valence-electron chi connectivity index (χ4n) is 3.10. The van der Waals surface area contributed by atoms with E-state index in [1.807, 2.05) is 55.5 Å². The summed E-state index contributed by atoms with van der Waals surface area (Å²) in [4.78, 5) is 25.9. The first-order chi connectivity index (χ1) is 15.0. The smallest absolute Gasteiger partial charge is 0.261 e. The van der Waals surface area contributed by atoms with Crippen LogP contribution in [0, 0.1) is 6.92 Å². The van der Waals surface area contributed by atoms with Gasteiger partial charge in [-0.1, -0.05) is 41.9 Å². The van der Waals surface area contributed by atoms with Crippen LogP contribution >= 0.6 is 11.6 Å². The molecule has 0 aliphatic heterocycles. The van der Waals surface area contributed by atoms with E-state index in [0.717, 1.165) is 5.56 Å². The lowest BCUT2D eigenvalue weighted by Gasteiger charge is -2.12. The number of rotatable bonds is 5. The van der Waals surface area contributed by atoms with Gasteiger partial charge in [0.15, 0.2) is 0 Å². The number of benzene rings is 3. The summed E-state index contributed by atoms with van der Waals surface area (Å²) in [6.45, 7) is 1.95. The lowest BCUT2D eigenvalue weighted by molar-refractivity contribution is 0.102. The molecule has 0 radical (unpaired) electrons. The van der Waals surface area contributed by atoms with Crippen molar-refractivity contribution in [1.29, 1.82) is 0 Å². The number of nitrogens with zero attached hydrogens (tertiary/aromatic N) is 2. The maximum Gasteiger partial charge on any atom is 0.261 e. The highest BCUT2D eigenvalue weighted by molar-refractivity contribution is 6.30. The Morgan fingerprint density at radius 2 is 1.61 bits per heavy atom. The Morgan fingerprint density at radius 3 is 2.32 bits per heavy atom. The number of carbonyl (C=O) groups is 2. The lowest BCUT2D eigenvalue weighted by atomic mass is 10.2. The molecule has 0 spiro atoms. The molecule has 3 aromatic carbocycles. The number of anilines is 2. The molecule has 0 saturated carbocycles. The van der Waals surface area contributed by atoms with Gasteiger partial charge in [0, 0.05) is 16.3 Å². The Kier molecular flexibility index (Phi) is 5.82. The van der Waals surface area contributed by atoms with Crippen molar-refractivity contribution in [3.63, 3.8) is 0 Å². The summed E-state index contributed by atoms with van der Waals surface area (Å²) in [7, 11) is 0. The van der Waals surface area contributed by atoms with Gasteiger partial charge in [0.2, 0.25) is 0 Å². The van der Waals surface area contributed by atoms with Crippen LogP contribution in [0.5, 0.6) is 0 Å². The molecule has 6 nitrogen and oxygen atoms in total. The van der Waals surface area contributed by atoms with Gasteiger partial charge in [0.1, 0.15) is 11.4 Å². The standard InChI is InChI=1S/C24H19ClN4O2/c1-16-6-5-7-19(14-16)27-24(31)21-15-26-29(20-8-3-2-4-9-20)22(21)28-23(30)17-10-12-18(25)13-11-17/h2-15H,1H3,(H,27,31)(H,28,30). The van der Waals surface area contributed by atoms with Gasteiger partial charge < -0.3 is 10.6 Å². The van der Waals surface area contributed by atoms with Crippen molar-refractivity contribution in [2.24, 2.45) is 0 Å². The minimum Gasteiger partial charge on any atom is -0.322 e. The first-order valence-corrected chi connectivity index (χ1v) is 9.97. The number of hydrogen-bond donors (Lipinski definition) is 2. The number of hydrogen-bond acceptors (Lipinski definition) is 3. The van der Waals surface area contributed by atoms with E-state index in [-0.39, 0.29) is 23.2 Å². The van der Waals surface area contributed by atoms with Crippen molar-refractivity contribution in [3.8, 4) is 5.69 Å². The van der Waals surface area contributed by atoms with Crippen LogP contribution < -0.4 is 10.6 Å². The molecule has 0 saturated heterocycles. The number of amides is 2. The molecule has 7 heteroatoms. The maximum absolute atomic E-state index is 13.0. The molecule has 0 bridgehead atoms. The predicted molar refractivity (Wildman–Crippen MR) is 122 cm³/mol. The Morgan fingerprint density at radius 1 is 0.871 bits per heavy atom.